The third-order valence-corrected chi connectivity index (χ3v) is 3.68. The monoisotopic (exact) mass is 269 g/mol. The van der Waals surface area contributed by atoms with Crippen molar-refractivity contribution in [3.05, 3.63) is 65.2 Å². The van der Waals surface area contributed by atoms with Gasteiger partial charge in [-0.1, -0.05) is 36.4 Å². The van der Waals surface area contributed by atoms with E-state index in [2.05, 4.69) is 55.6 Å². The Morgan fingerprint density at radius 2 is 1.75 bits per heavy atom. The van der Waals surface area contributed by atoms with Gasteiger partial charge in [-0.2, -0.15) is 0 Å². The molecule has 0 aliphatic heterocycles. The predicted octanol–water partition coefficient (Wildman–Crippen LogP) is 3.90. The van der Waals surface area contributed by atoms with E-state index in [9.17, 15) is 0 Å². The van der Waals surface area contributed by atoms with Gasteiger partial charge in [-0.3, -0.25) is 0 Å². The van der Waals surface area contributed by atoms with Gasteiger partial charge in [0.05, 0.1) is 7.11 Å². The molecular formula is C18H23NO. The van der Waals surface area contributed by atoms with E-state index in [1.165, 1.54) is 16.7 Å². The smallest absolute Gasteiger partial charge is 0.118 e. The first kappa shape index (κ1) is 14.6. The van der Waals surface area contributed by atoms with Crippen LogP contribution >= 0.6 is 0 Å². The zero-order valence-electron chi connectivity index (χ0n) is 12.5. The SMILES string of the molecule is COc1ccc(CCN[C@@H](C)c2ccccc2C)cc1. The zero-order valence-corrected chi connectivity index (χ0v) is 12.5. The van der Waals surface area contributed by atoms with E-state index in [1.807, 2.05) is 12.1 Å². The molecule has 2 nitrogen and oxygen atoms in total. The molecule has 0 aliphatic rings. The lowest BCUT2D eigenvalue weighted by Crippen LogP contribution is -2.22. The Bertz CT molecular complexity index is 533. The maximum Gasteiger partial charge on any atom is 0.118 e. The normalized spacial score (nSPS) is 12.2. The van der Waals surface area contributed by atoms with Gasteiger partial charge >= 0.3 is 0 Å². The van der Waals surface area contributed by atoms with Crippen LogP contribution in [0, 0.1) is 6.92 Å². The summed E-state index contributed by atoms with van der Waals surface area (Å²) in [6.07, 6.45) is 1.03. The van der Waals surface area contributed by atoms with Crippen molar-refractivity contribution in [3.63, 3.8) is 0 Å². The van der Waals surface area contributed by atoms with Gasteiger partial charge in [-0.15, -0.1) is 0 Å². The average molecular weight is 269 g/mol. The van der Waals surface area contributed by atoms with E-state index in [-0.39, 0.29) is 0 Å². The van der Waals surface area contributed by atoms with Gasteiger partial charge in [0.25, 0.3) is 0 Å². The molecule has 2 rings (SSSR count). The van der Waals surface area contributed by atoms with Gasteiger partial charge in [0.15, 0.2) is 0 Å². The summed E-state index contributed by atoms with van der Waals surface area (Å²) >= 11 is 0. The van der Waals surface area contributed by atoms with Crippen LogP contribution in [-0.2, 0) is 6.42 Å². The maximum atomic E-state index is 5.17. The highest BCUT2D eigenvalue weighted by molar-refractivity contribution is 5.29. The van der Waals surface area contributed by atoms with Crippen molar-refractivity contribution in [1.82, 2.24) is 5.32 Å². The van der Waals surface area contributed by atoms with E-state index >= 15 is 0 Å². The molecule has 0 heterocycles. The van der Waals surface area contributed by atoms with Crippen molar-refractivity contribution in [1.29, 1.82) is 0 Å². The summed E-state index contributed by atoms with van der Waals surface area (Å²) in [4.78, 5) is 0. The number of ether oxygens (including phenoxy) is 1. The first-order valence-corrected chi connectivity index (χ1v) is 7.12. The molecule has 0 aliphatic carbocycles. The molecule has 0 saturated carbocycles. The molecule has 0 fully saturated rings. The molecule has 20 heavy (non-hydrogen) atoms. The van der Waals surface area contributed by atoms with Gasteiger partial charge < -0.3 is 10.1 Å². The molecule has 0 saturated heterocycles. The van der Waals surface area contributed by atoms with Crippen LogP contribution in [0.1, 0.15) is 29.7 Å². The number of rotatable bonds is 6. The van der Waals surface area contributed by atoms with Gasteiger partial charge in [-0.05, 0) is 55.6 Å². The average Bonchev–Trinajstić information content (AvgIpc) is 2.48. The molecular weight excluding hydrogens is 246 g/mol. The number of methoxy groups -OCH3 is 1. The molecule has 2 heteroatoms. The summed E-state index contributed by atoms with van der Waals surface area (Å²) in [5.41, 5.74) is 4.05. The van der Waals surface area contributed by atoms with Crippen LogP contribution in [0.2, 0.25) is 0 Å². The number of hydrogen-bond acceptors (Lipinski definition) is 2. The molecule has 0 bridgehead atoms. The van der Waals surface area contributed by atoms with Crippen molar-refractivity contribution < 1.29 is 4.74 Å². The molecule has 0 aromatic heterocycles. The van der Waals surface area contributed by atoms with E-state index in [0.29, 0.717) is 6.04 Å². The molecule has 1 N–H and O–H groups in total. The maximum absolute atomic E-state index is 5.17. The number of benzene rings is 2. The number of nitrogens with one attached hydrogen (secondary N) is 1. The van der Waals surface area contributed by atoms with Crippen LogP contribution < -0.4 is 10.1 Å². The highest BCUT2D eigenvalue weighted by atomic mass is 16.5. The highest BCUT2D eigenvalue weighted by Crippen LogP contribution is 2.17. The van der Waals surface area contributed by atoms with Crippen LogP contribution in [-0.4, -0.2) is 13.7 Å². The fourth-order valence-corrected chi connectivity index (χ4v) is 2.41. The van der Waals surface area contributed by atoms with E-state index < -0.39 is 0 Å². The third-order valence-electron chi connectivity index (χ3n) is 3.68. The fraction of sp³-hybridized carbons (Fsp3) is 0.333. The van der Waals surface area contributed by atoms with Crippen molar-refractivity contribution in [2.24, 2.45) is 0 Å². The van der Waals surface area contributed by atoms with E-state index in [0.717, 1.165) is 18.7 Å². The second kappa shape index (κ2) is 7.11. The topological polar surface area (TPSA) is 21.3 Å². The summed E-state index contributed by atoms with van der Waals surface area (Å²) in [6, 6.07) is 17.2. The summed E-state index contributed by atoms with van der Waals surface area (Å²) < 4.78 is 5.17. The second-order valence-corrected chi connectivity index (χ2v) is 5.13. The van der Waals surface area contributed by atoms with Crippen LogP contribution in [0.5, 0.6) is 5.75 Å². The largest absolute Gasteiger partial charge is 0.497 e. The molecule has 0 amide bonds. The van der Waals surface area contributed by atoms with Gasteiger partial charge in [-0.25, -0.2) is 0 Å². The summed E-state index contributed by atoms with van der Waals surface area (Å²) in [5, 5.41) is 3.59. The Kier molecular flexibility index (Phi) is 5.19. The molecule has 0 unspecified atom stereocenters. The summed E-state index contributed by atoms with van der Waals surface area (Å²) in [7, 11) is 1.69. The first-order chi connectivity index (χ1) is 9.70. The zero-order chi connectivity index (χ0) is 14.4. The summed E-state index contributed by atoms with van der Waals surface area (Å²) in [6.45, 7) is 5.36. The minimum Gasteiger partial charge on any atom is -0.497 e. The van der Waals surface area contributed by atoms with Gasteiger partial charge in [0.2, 0.25) is 0 Å². The van der Waals surface area contributed by atoms with Crippen molar-refractivity contribution in [2.75, 3.05) is 13.7 Å². The lowest BCUT2D eigenvalue weighted by molar-refractivity contribution is 0.414. The first-order valence-electron chi connectivity index (χ1n) is 7.12. The Morgan fingerprint density at radius 3 is 2.40 bits per heavy atom. The minimum atomic E-state index is 0.384. The van der Waals surface area contributed by atoms with Crippen LogP contribution in [0.3, 0.4) is 0 Å². The van der Waals surface area contributed by atoms with Gasteiger partial charge in [0, 0.05) is 6.04 Å². The molecule has 2 aromatic carbocycles. The fourth-order valence-electron chi connectivity index (χ4n) is 2.41. The molecule has 106 valence electrons. The van der Waals surface area contributed by atoms with Crippen LogP contribution in [0.25, 0.3) is 0 Å². The molecule has 0 spiro atoms. The molecule has 0 radical (unpaired) electrons. The van der Waals surface area contributed by atoms with E-state index in [1.54, 1.807) is 7.11 Å². The van der Waals surface area contributed by atoms with Crippen molar-refractivity contribution in [2.45, 2.75) is 26.3 Å². The van der Waals surface area contributed by atoms with Crippen LogP contribution in [0.15, 0.2) is 48.5 Å². The van der Waals surface area contributed by atoms with Crippen LogP contribution in [0.4, 0.5) is 0 Å². The Hall–Kier alpha value is -1.80. The van der Waals surface area contributed by atoms with E-state index in [4.69, 9.17) is 4.74 Å². The van der Waals surface area contributed by atoms with Crippen molar-refractivity contribution in [3.8, 4) is 5.75 Å². The molecule has 1 atom stereocenters. The van der Waals surface area contributed by atoms with Crippen molar-refractivity contribution >= 4 is 0 Å². The Morgan fingerprint density at radius 1 is 1.05 bits per heavy atom. The number of aryl methyl sites for hydroxylation is 1. The predicted molar refractivity (Wildman–Crippen MR) is 84.3 cm³/mol. The number of hydrogen-bond donors (Lipinski definition) is 1. The quantitative estimate of drug-likeness (QED) is 0.859. The highest BCUT2D eigenvalue weighted by Gasteiger charge is 2.06. The lowest BCUT2D eigenvalue weighted by Gasteiger charge is -2.16. The minimum absolute atomic E-state index is 0.384. The Labute approximate surface area is 121 Å². The summed E-state index contributed by atoms with van der Waals surface area (Å²) in [5.74, 6) is 0.912. The Balaban J connectivity index is 1.84. The molecule has 2 aromatic rings. The second-order valence-electron chi connectivity index (χ2n) is 5.13. The third kappa shape index (κ3) is 3.84. The lowest BCUT2D eigenvalue weighted by atomic mass is 10.0. The van der Waals surface area contributed by atoms with Gasteiger partial charge in [0.1, 0.15) is 5.75 Å². The standard InChI is InChI=1S/C18H23NO/c1-14-6-4-5-7-18(14)15(2)19-13-12-16-8-10-17(20-3)11-9-16/h4-11,15,19H,12-13H2,1-3H3/t15-/m0/s1.